The van der Waals surface area contributed by atoms with Crippen LogP contribution in [0.15, 0.2) is 29.3 Å². The number of hydrogen-bond acceptors (Lipinski definition) is 4. The van der Waals surface area contributed by atoms with Crippen molar-refractivity contribution in [2.45, 2.75) is 33.4 Å². The molecule has 0 fully saturated rings. The molecule has 2 rings (SSSR count). The van der Waals surface area contributed by atoms with E-state index < -0.39 is 0 Å². The number of aryl methyl sites for hydroxylation is 2. The van der Waals surface area contributed by atoms with Crippen molar-refractivity contribution < 1.29 is 4.74 Å². The zero-order valence-corrected chi connectivity index (χ0v) is 18.2. The molecule has 0 saturated heterocycles. The van der Waals surface area contributed by atoms with Crippen molar-refractivity contribution in [3.8, 4) is 5.75 Å². The lowest BCUT2D eigenvalue weighted by atomic mass is 10.1. The standard InChI is InChI=1S/C21H34N6O/c1-8-22-21(23-13-19-15(2)25-27(6)16(19)3)24-14-20(26(4)5)17-9-11-18(28-7)12-10-17/h9-12,20H,8,13-14H2,1-7H3,(H2,22,23,24). The van der Waals surface area contributed by atoms with E-state index in [4.69, 9.17) is 9.73 Å². The summed E-state index contributed by atoms with van der Waals surface area (Å²) in [7, 11) is 7.83. The molecule has 0 bridgehead atoms. The van der Waals surface area contributed by atoms with Crippen LogP contribution < -0.4 is 15.4 Å². The first-order chi connectivity index (χ1) is 13.4. The fraction of sp³-hybridized carbons (Fsp3) is 0.524. The third-order valence-electron chi connectivity index (χ3n) is 4.99. The average Bonchev–Trinajstić information content (AvgIpc) is 2.91. The number of likely N-dealkylation sites (N-methyl/N-ethyl adjacent to an activating group) is 1. The van der Waals surface area contributed by atoms with Crippen LogP contribution in [0.25, 0.3) is 0 Å². The first kappa shape index (κ1) is 21.8. The molecule has 0 aliphatic heterocycles. The monoisotopic (exact) mass is 386 g/mol. The second-order valence-corrected chi connectivity index (χ2v) is 7.10. The van der Waals surface area contributed by atoms with Crippen molar-refractivity contribution in [1.29, 1.82) is 0 Å². The molecular weight excluding hydrogens is 352 g/mol. The number of aromatic nitrogens is 2. The fourth-order valence-corrected chi connectivity index (χ4v) is 3.16. The van der Waals surface area contributed by atoms with Gasteiger partial charge in [-0.25, -0.2) is 4.99 Å². The van der Waals surface area contributed by atoms with Gasteiger partial charge in [0.25, 0.3) is 0 Å². The molecule has 7 heteroatoms. The lowest BCUT2D eigenvalue weighted by molar-refractivity contribution is 0.298. The van der Waals surface area contributed by atoms with E-state index in [9.17, 15) is 0 Å². The maximum atomic E-state index is 5.27. The van der Waals surface area contributed by atoms with E-state index in [2.05, 4.69) is 60.7 Å². The third kappa shape index (κ3) is 5.48. The fourth-order valence-electron chi connectivity index (χ4n) is 3.16. The molecule has 28 heavy (non-hydrogen) atoms. The zero-order valence-electron chi connectivity index (χ0n) is 18.2. The van der Waals surface area contributed by atoms with Gasteiger partial charge in [-0.1, -0.05) is 12.1 Å². The van der Waals surface area contributed by atoms with Gasteiger partial charge in [-0.05, 0) is 52.6 Å². The lowest BCUT2D eigenvalue weighted by Gasteiger charge is -2.26. The van der Waals surface area contributed by atoms with Crippen LogP contribution in [0, 0.1) is 13.8 Å². The average molecular weight is 387 g/mol. The summed E-state index contributed by atoms with van der Waals surface area (Å²) in [5, 5.41) is 11.3. The summed E-state index contributed by atoms with van der Waals surface area (Å²) in [5.41, 5.74) is 4.60. The number of benzene rings is 1. The second-order valence-electron chi connectivity index (χ2n) is 7.10. The molecule has 0 aliphatic rings. The third-order valence-corrected chi connectivity index (χ3v) is 4.99. The summed E-state index contributed by atoms with van der Waals surface area (Å²) >= 11 is 0. The molecule has 2 N–H and O–H groups in total. The highest BCUT2D eigenvalue weighted by atomic mass is 16.5. The Morgan fingerprint density at radius 3 is 2.39 bits per heavy atom. The minimum atomic E-state index is 0.219. The van der Waals surface area contributed by atoms with E-state index in [-0.39, 0.29) is 6.04 Å². The molecule has 0 aliphatic carbocycles. The van der Waals surface area contributed by atoms with Gasteiger partial charge in [0.2, 0.25) is 0 Å². The Kier molecular flexibility index (Phi) is 7.87. The van der Waals surface area contributed by atoms with Crippen molar-refractivity contribution in [3.05, 3.63) is 46.8 Å². The van der Waals surface area contributed by atoms with E-state index in [1.54, 1.807) is 7.11 Å². The minimum Gasteiger partial charge on any atom is -0.497 e. The molecule has 1 aromatic carbocycles. The van der Waals surface area contributed by atoms with Gasteiger partial charge in [0.05, 0.1) is 25.4 Å². The number of hydrogen-bond donors (Lipinski definition) is 2. The van der Waals surface area contributed by atoms with Gasteiger partial charge in [-0.3, -0.25) is 4.68 Å². The van der Waals surface area contributed by atoms with Crippen molar-refractivity contribution >= 4 is 5.96 Å². The molecule has 0 spiro atoms. The number of aliphatic imine (C=N–C) groups is 1. The number of nitrogens with zero attached hydrogens (tertiary/aromatic N) is 4. The van der Waals surface area contributed by atoms with Crippen molar-refractivity contribution in [3.63, 3.8) is 0 Å². The normalized spacial score (nSPS) is 12.9. The van der Waals surface area contributed by atoms with Crippen molar-refractivity contribution in [2.24, 2.45) is 12.0 Å². The number of rotatable bonds is 8. The predicted molar refractivity (Wildman–Crippen MR) is 115 cm³/mol. The quantitative estimate of drug-likeness (QED) is 0.539. The van der Waals surface area contributed by atoms with E-state index >= 15 is 0 Å². The van der Waals surface area contributed by atoms with Crippen LogP contribution in [0.5, 0.6) is 5.75 Å². The molecule has 0 saturated carbocycles. The van der Waals surface area contributed by atoms with Gasteiger partial charge in [0, 0.05) is 31.4 Å². The maximum Gasteiger partial charge on any atom is 0.191 e. The van der Waals surface area contributed by atoms with E-state index in [1.807, 2.05) is 30.8 Å². The van der Waals surface area contributed by atoms with Crippen LogP contribution in [-0.2, 0) is 13.6 Å². The van der Waals surface area contributed by atoms with Gasteiger partial charge < -0.3 is 20.3 Å². The molecule has 1 unspecified atom stereocenters. The summed E-state index contributed by atoms with van der Waals surface area (Å²) in [4.78, 5) is 6.98. The number of methoxy groups -OCH3 is 1. The lowest BCUT2D eigenvalue weighted by Crippen LogP contribution is -2.41. The van der Waals surface area contributed by atoms with Gasteiger partial charge >= 0.3 is 0 Å². The van der Waals surface area contributed by atoms with Crippen LogP contribution in [-0.4, -0.2) is 54.9 Å². The molecule has 1 atom stereocenters. The first-order valence-electron chi connectivity index (χ1n) is 9.69. The minimum absolute atomic E-state index is 0.219. The first-order valence-corrected chi connectivity index (χ1v) is 9.69. The van der Waals surface area contributed by atoms with Gasteiger partial charge in [0.1, 0.15) is 5.75 Å². The SMILES string of the molecule is CCNC(=NCc1c(C)nn(C)c1C)NCC(c1ccc(OC)cc1)N(C)C. The molecular formula is C21H34N6O. The highest BCUT2D eigenvalue weighted by Crippen LogP contribution is 2.20. The van der Waals surface area contributed by atoms with Gasteiger partial charge in [-0.2, -0.15) is 5.10 Å². The Bertz CT molecular complexity index is 779. The topological polar surface area (TPSA) is 66.7 Å². The predicted octanol–water partition coefficient (Wildman–Crippen LogP) is 2.40. The van der Waals surface area contributed by atoms with Crippen molar-refractivity contribution in [1.82, 2.24) is 25.3 Å². The summed E-state index contributed by atoms with van der Waals surface area (Å²) in [6.07, 6.45) is 0. The zero-order chi connectivity index (χ0) is 20.7. The maximum absolute atomic E-state index is 5.27. The van der Waals surface area contributed by atoms with Crippen LogP contribution in [0.1, 0.15) is 35.5 Å². The van der Waals surface area contributed by atoms with Gasteiger partial charge in [0.15, 0.2) is 5.96 Å². The molecule has 154 valence electrons. The summed E-state index contributed by atoms with van der Waals surface area (Å²) in [6.45, 7) is 8.35. The molecule has 0 amide bonds. The van der Waals surface area contributed by atoms with Gasteiger partial charge in [-0.15, -0.1) is 0 Å². The van der Waals surface area contributed by atoms with E-state index in [0.29, 0.717) is 6.54 Å². The smallest absolute Gasteiger partial charge is 0.191 e. The van der Waals surface area contributed by atoms with E-state index in [1.165, 1.54) is 11.1 Å². The molecule has 0 radical (unpaired) electrons. The highest BCUT2D eigenvalue weighted by Gasteiger charge is 2.15. The molecule has 1 aromatic heterocycles. The Hall–Kier alpha value is -2.54. The number of ether oxygens (including phenoxy) is 1. The summed E-state index contributed by atoms with van der Waals surface area (Å²) in [5.74, 6) is 1.68. The summed E-state index contributed by atoms with van der Waals surface area (Å²) in [6, 6.07) is 8.43. The number of nitrogens with one attached hydrogen (secondary N) is 2. The van der Waals surface area contributed by atoms with E-state index in [0.717, 1.165) is 36.2 Å². The Morgan fingerprint density at radius 1 is 1.21 bits per heavy atom. The van der Waals surface area contributed by atoms with Crippen LogP contribution in [0.4, 0.5) is 0 Å². The highest BCUT2D eigenvalue weighted by molar-refractivity contribution is 5.79. The van der Waals surface area contributed by atoms with Crippen LogP contribution in [0.2, 0.25) is 0 Å². The molecule has 1 heterocycles. The van der Waals surface area contributed by atoms with Crippen LogP contribution >= 0.6 is 0 Å². The van der Waals surface area contributed by atoms with Crippen molar-refractivity contribution in [2.75, 3.05) is 34.3 Å². The Morgan fingerprint density at radius 2 is 1.89 bits per heavy atom. The second kappa shape index (κ2) is 10.1. The van der Waals surface area contributed by atoms with Crippen LogP contribution in [0.3, 0.4) is 0 Å². The Balaban J connectivity index is 2.10. The summed E-state index contributed by atoms with van der Waals surface area (Å²) < 4.78 is 7.18. The molecule has 2 aromatic rings. The largest absolute Gasteiger partial charge is 0.497 e. The number of guanidine groups is 1. The molecule has 7 nitrogen and oxygen atoms in total. The Labute approximate surface area is 168 Å².